The molecule has 1 rings (SSSR count). The Morgan fingerprint density at radius 1 is 1.18 bits per heavy atom. The van der Waals surface area contributed by atoms with Crippen LogP contribution < -0.4 is 17.0 Å². The van der Waals surface area contributed by atoms with Crippen molar-refractivity contribution < 1.29 is 21.4 Å². The Morgan fingerprint density at radius 2 is 1.55 bits per heavy atom. The second kappa shape index (κ2) is 5.97. The van der Waals surface area contributed by atoms with Crippen molar-refractivity contribution in [1.29, 1.82) is 0 Å². The average molecular weight is 227 g/mol. The van der Waals surface area contributed by atoms with Crippen LogP contribution in [0.1, 0.15) is 11.1 Å². The van der Waals surface area contributed by atoms with Gasteiger partial charge < -0.3 is 17.0 Å². The Labute approximate surface area is 93.1 Å². The van der Waals surface area contributed by atoms with Crippen molar-refractivity contribution in [1.82, 2.24) is 0 Å². The maximum atomic E-state index is 12.7. The van der Waals surface area contributed by atoms with Crippen molar-refractivity contribution in [2.24, 2.45) is 0 Å². The first kappa shape index (κ1) is 14.0. The van der Waals surface area contributed by atoms with E-state index in [4.69, 9.17) is 0 Å². The molecule has 11 heavy (non-hydrogen) atoms. The predicted molar refractivity (Wildman–Crippen MR) is 40.5 cm³/mol. The summed E-state index contributed by atoms with van der Waals surface area (Å²) in [7, 11) is 0. The summed E-state index contributed by atoms with van der Waals surface area (Å²) in [5, 5.41) is 0. The van der Waals surface area contributed by atoms with Gasteiger partial charge in [-0.3, -0.25) is 0 Å². The fraction of sp³-hybridized carbons (Fsp3) is 0.250. The summed E-state index contributed by atoms with van der Waals surface area (Å²) in [6, 6.07) is 6.11. The number of hydrogen-bond acceptors (Lipinski definition) is 0. The molecule has 0 N–H and O–H groups in total. The van der Waals surface area contributed by atoms with E-state index in [1.54, 1.807) is 26.0 Å². The SMILES string of the molecule is Cc1c[c-]cc(C)c1F.[Br-].[Mg+2]. The van der Waals surface area contributed by atoms with Crippen LogP contribution in [0.15, 0.2) is 12.1 Å². The number of hydrogen-bond donors (Lipinski definition) is 0. The minimum atomic E-state index is -0.117. The van der Waals surface area contributed by atoms with Gasteiger partial charge in [-0.05, 0) is 0 Å². The second-order valence-electron chi connectivity index (χ2n) is 2.14. The fourth-order valence-electron chi connectivity index (χ4n) is 0.729. The van der Waals surface area contributed by atoms with Crippen molar-refractivity contribution in [2.75, 3.05) is 0 Å². The van der Waals surface area contributed by atoms with Crippen LogP contribution >= 0.6 is 0 Å². The Balaban J connectivity index is 0. The molecule has 0 nitrogen and oxygen atoms in total. The molecule has 0 aliphatic rings. The van der Waals surface area contributed by atoms with E-state index in [1.165, 1.54) is 0 Å². The molecule has 0 radical (unpaired) electrons. The third-order valence-electron chi connectivity index (χ3n) is 1.29. The number of rotatable bonds is 0. The van der Waals surface area contributed by atoms with E-state index >= 15 is 0 Å². The van der Waals surface area contributed by atoms with Crippen molar-refractivity contribution >= 4 is 23.1 Å². The third kappa shape index (κ3) is 3.54. The maximum Gasteiger partial charge on any atom is 2.00 e. The molecule has 0 unspecified atom stereocenters. The van der Waals surface area contributed by atoms with Crippen molar-refractivity contribution in [3.05, 3.63) is 35.1 Å². The molecule has 0 amide bonds. The maximum absolute atomic E-state index is 12.7. The monoisotopic (exact) mass is 226 g/mol. The van der Waals surface area contributed by atoms with Gasteiger partial charge in [-0.25, -0.2) is 4.39 Å². The van der Waals surface area contributed by atoms with Gasteiger partial charge in [-0.15, -0.1) is 11.1 Å². The number of halogens is 2. The molecule has 0 aromatic heterocycles. The van der Waals surface area contributed by atoms with Crippen LogP contribution in [0, 0.1) is 25.7 Å². The van der Waals surface area contributed by atoms with Crippen LogP contribution in [0.2, 0.25) is 0 Å². The minimum absolute atomic E-state index is 0. The van der Waals surface area contributed by atoms with Gasteiger partial charge in [0.1, 0.15) is 0 Å². The molecule has 0 fully saturated rings. The number of aryl methyl sites for hydroxylation is 2. The summed E-state index contributed by atoms with van der Waals surface area (Å²) < 4.78 is 12.7. The van der Waals surface area contributed by atoms with Gasteiger partial charge in [0.25, 0.3) is 0 Å². The van der Waals surface area contributed by atoms with Crippen LogP contribution in [-0.2, 0) is 0 Å². The summed E-state index contributed by atoms with van der Waals surface area (Å²) in [5.41, 5.74) is 1.32. The van der Waals surface area contributed by atoms with Crippen LogP contribution in [0.4, 0.5) is 4.39 Å². The summed E-state index contributed by atoms with van der Waals surface area (Å²) in [5.74, 6) is -0.117. The first-order valence-corrected chi connectivity index (χ1v) is 2.84. The minimum Gasteiger partial charge on any atom is -1.00 e. The molecular weight excluding hydrogens is 219 g/mol. The van der Waals surface area contributed by atoms with Gasteiger partial charge in [-0.1, -0.05) is 13.8 Å². The van der Waals surface area contributed by atoms with Crippen LogP contribution in [0.25, 0.3) is 0 Å². The zero-order valence-corrected chi connectivity index (χ0v) is 9.62. The van der Waals surface area contributed by atoms with E-state index in [2.05, 4.69) is 6.07 Å². The van der Waals surface area contributed by atoms with E-state index in [1.807, 2.05) is 0 Å². The van der Waals surface area contributed by atoms with E-state index in [9.17, 15) is 4.39 Å². The normalized spacial score (nSPS) is 7.91. The molecule has 56 valence electrons. The molecule has 3 heteroatoms. The van der Waals surface area contributed by atoms with Crippen molar-refractivity contribution in [3.63, 3.8) is 0 Å². The molecular formula is C8H8BrFMg. The predicted octanol–water partition coefficient (Wildman–Crippen LogP) is -1.13. The topological polar surface area (TPSA) is 0 Å². The van der Waals surface area contributed by atoms with E-state index in [-0.39, 0.29) is 45.9 Å². The van der Waals surface area contributed by atoms with E-state index < -0.39 is 0 Å². The molecule has 0 heterocycles. The first-order chi connectivity index (χ1) is 4.22. The summed E-state index contributed by atoms with van der Waals surface area (Å²) in [6.45, 7) is 3.47. The Hall–Kier alpha value is 0.396. The van der Waals surface area contributed by atoms with Crippen molar-refractivity contribution in [3.8, 4) is 0 Å². The summed E-state index contributed by atoms with van der Waals surface area (Å²) >= 11 is 0. The van der Waals surface area contributed by atoms with E-state index in [0.29, 0.717) is 11.1 Å². The standard InChI is InChI=1S/C8H8F.BrH.Mg/c1-6-4-3-5-7(2)8(6)9;;/h4-5H,1-2H3;1H;/q-1;;+2/p-1. The Morgan fingerprint density at radius 3 is 1.82 bits per heavy atom. The van der Waals surface area contributed by atoms with Gasteiger partial charge in [-0.2, -0.15) is 18.2 Å². The molecule has 0 bridgehead atoms. The van der Waals surface area contributed by atoms with Crippen LogP contribution in [-0.4, -0.2) is 23.1 Å². The third-order valence-corrected chi connectivity index (χ3v) is 1.29. The molecule has 0 saturated carbocycles. The Bertz CT molecular complexity index is 205. The second-order valence-corrected chi connectivity index (χ2v) is 2.14. The van der Waals surface area contributed by atoms with Gasteiger partial charge in [0.2, 0.25) is 0 Å². The zero-order valence-electron chi connectivity index (χ0n) is 6.62. The summed E-state index contributed by atoms with van der Waals surface area (Å²) in [6.07, 6.45) is 0. The van der Waals surface area contributed by atoms with Gasteiger partial charge in [0.15, 0.2) is 0 Å². The average Bonchev–Trinajstić information content (AvgIpc) is 1.83. The zero-order chi connectivity index (χ0) is 6.85. The van der Waals surface area contributed by atoms with Crippen LogP contribution in [0.5, 0.6) is 0 Å². The van der Waals surface area contributed by atoms with Gasteiger partial charge in [0.05, 0.1) is 0 Å². The molecule has 1 aromatic rings. The van der Waals surface area contributed by atoms with Crippen molar-refractivity contribution in [2.45, 2.75) is 13.8 Å². The molecule has 0 saturated heterocycles. The van der Waals surface area contributed by atoms with E-state index in [0.717, 1.165) is 0 Å². The van der Waals surface area contributed by atoms with Gasteiger partial charge >= 0.3 is 23.1 Å². The molecule has 0 atom stereocenters. The van der Waals surface area contributed by atoms with Crippen LogP contribution in [0.3, 0.4) is 0 Å². The molecule has 1 aromatic carbocycles. The quantitative estimate of drug-likeness (QED) is 0.388. The molecule has 0 aliphatic carbocycles. The summed E-state index contributed by atoms with van der Waals surface area (Å²) in [4.78, 5) is 0. The number of benzene rings is 1. The molecule has 0 spiro atoms. The molecule has 0 aliphatic heterocycles. The fourth-order valence-corrected chi connectivity index (χ4v) is 0.729. The largest absolute Gasteiger partial charge is 2.00 e. The Kier molecular flexibility index (Phi) is 7.58. The van der Waals surface area contributed by atoms with Gasteiger partial charge in [0, 0.05) is 5.82 Å². The first-order valence-electron chi connectivity index (χ1n) is 2.84. The smallest absolute Gasteiger partial charge is 1.00 e.